The summed E-state index contributed by atoms with van der Waals surface area (Å²) in [6.45, 7) is 0.0907. The molecule has 0 fully saturated rings. The molecule has 128 valence electrons. The average molecular weight is 388 g/mol. The van der Waals surface area contributed by atoms with Gasteiger partial charge in [-0.2, -0.15) is 4.31 Å². The minimum atomic E-state index is -3.74. The highest BCUT2D eigenvalue weighted by atomic mass is 35.5. The van der Waals surface area contributed by atoms with E-state index in [1.54, 1.807) is 24.3 Å². The van der Waals surface area contributed by atoms with E-state index < -0.39 is 16.0 Å². The Kier molecular flexibility index (Phi) is 5.87. The molecule has 5 nitrogen and oxygen atoms in total. The van der Waals surface area contributed by atoms with Crippen LogP contribution in [0.4, 0.5) is 0 Å². The maximum Gasteiger partial charge on any atom is 0.337 e. The molecule has 0 saturated heterocycles. The van der Waals surface area contributed by atoms with Gasteiger partial charge >= 0.3 is 5.97 Å². The fraction of sp³-hybridized carbons (Fsp3) is 0.188. The van der Waals surface area contributed by atoms with Crippen LogP contribution in [0.15, 0.2) is 47.4 Å². The first-order valence-electron chi connectivity index (χ1n) is 6.84. The summed E-state index contributed by atoms with van der Waals surface area (Å²) in [4.78, 5) is 11.6. The number of esters is 1. The average Bonchev–Trinajstić information content (AvgIpc) is 2.56. The number of hydrogen-bond donors (Lipinski definition) is 0. The fourth-order valence-electron chi connectivity index (χ4n) is 2.07. The minimum Gasteiger partial charge on any atom is -0.465 e. The maximum absolute atomic E-state index is 12.6. The Bertz CT molecular complexity index is 868. The smallest absolute Gasteiger partial charge is 0.337 e. The lowest BCUT2D eigenvalue weighted by molar-refractivity contribution is 0.0600. The van der Waals surface area contributed by atoms with Gasteiger partial charge in [-0.1, -0.05) is 35.3 Å². The Labute approximate surface area is 150 Å². The van der Waals surface area contributed by atoms with E-state index in [4.69, 9.17) is 23.2 Å². The second kappa shape index (κ2) is 7.53. The van der Waals surface area contributed by atoms with Gasteiger partial charge in [-0.15, -0.1) is 0 Å². The van der Waals surface area contributed by atoms with Crippen molar-refractivity contribution in [2.75, 3.05) is 14.2 Å². The molecule has 0 aliphatic carbocycles. The molecule has 0 amide bonds. The fourth-order valence-corrected chi connectivity index (χ4v) is 3.62. The maximum atomic E-state index is 12.6. The monoisotopic (exact) mass is 387 g/mol. The lowest BCUT2D eigenvalue weighted by Gasteiger charge is -2.18. The van der Waals surface area contributed by atoms with E-state index in [0.29, 0.717) is 11.1 Å². The number of sulfonamides is 1. The summed E-state index contributed by atoms with van der Waals surface area (Å²) < 4.78 is 31.0. The van der Waals surface area contributed by atoms with Crippen molar-refractivity contribution in [2.45, 2.75) is 11.4 Å². The van der Waals surface area contributed by atoms with E-state index in [2.05, 4.69) is 4.74 Å². The number of carbonyl (C=O) groups is 1. The summed E-state index contributed by atoms with van der Waals surface area (Å²) >= 11 is 11.7. The van der Waals surface area contributed by atoms with Crippen molar-refractivity contribution in [2.24, 2.45) is 0 Å². The molecule has 0 bridgehead atoms. The Balaban J connectivity index is 2.26. The van der Waals surface area contributed by atoms with Crippen LogP contribution < -0.4 is 0 Å². The van der Waals surface area contributed by atoms with Gasteiger partial charge in [0, 0.05) is 13.6 Å². The molecule has 0 aliphatic rings. The van der Waals surface area contributed by atoms with Crippen molar-refractivity contribution >= 4 is 39.2 Å². The van der Waals surface area contributed by atoms with Crippen LogP contribution in [0.25, 0.3) is 0 Å². The van der Waals surface area contributed by atoms with Crippen molar-refractivity contribution in [1.29, 1.82) is 0 Å². The van der Waals surface area contributed by atoms with E-state index in [-0.39, 0.29) is 21.5 Å². The molecule has 0 heterocycles. The van der Waals surface area contributed by atoms with Gasteiger partial charge in [0.25, 0.3) is 0 Å². The number of halogens is 2. The van der Waals surface area contributed by atoms with Crippen LogP contribution >= 0.6 is 23.2 Å². The van der Waals surface area contributed by atoms with Crippen LogP contribution in [0.3, 0.4) is 0 Å². The normalized spacial score (nSPS) is 11.5. The predicted octanol–water partition coefficient (Wildman–Crippen LogP) is 3.60. The standard InChI is InChI=1S/C16H15Cl2NO4S/c1-19(10-11-4-3-5-12(8-11)16(20)23-2)24(21,22)13-6-7-14(17)15(18)9-13/h3-9H,10H2,1-2H3. The molecule has 24 heavy (non-hydrogen) atoms. The van der Waals surface area contributed by atoms with Crippen molar-refractivity contribution in [3.05, 3.63) is 63.6 Å². The Morgan fingerprint density at radius 1 is 1.12 bits per heavy atom. The third kappa shape index (κ3) is 4.08. The summed E-state index contributed by atoms with van der Waals surface area (Å²) in [5, 5.41) is 0.447. The van der Waals surface area contributed by atoms with Crippen molar-refractivity contribution in [3.63, 3.8) is 0 Å². The van der Waals surface area contributed by atoms with Crippen LogP contribution in [0.5, 0.6) is 0 Å². The molecular formula is C16H15Cl2NO4S. The third-order valence-electron chi connectivity index (χ3n) is 3.35. The molecule has 0 N–H and O–H groups in total. The Morgan fingerprint density at radius 2 is 1.83 bits per heavy atom. The number of rotatable bonds is 5. The van der Waals surface area contributed by atoms with Crippen molar-refractivity contribution in [1.82, 2.24) is 4.31 Å². The molecule has 2 rings (SSSR count). The number of carbonyl (C=O) groups excluding carboxylic acids is 1. The topological polar surface area (TPSA) is 63.7 Å². The first-order valence-corrected chi connectivity index (χ1v) is 9.04. The van der Waals surface area contributed by atoms with Crippen LogP contribution in [-0.4, -0.2) is 32.8 Å². The van der Waals surface area contributed by atoms with Gasteiger partial charge < -0.3 is 4.74 Å². The molecule has 0 unspecified atom stereocenters. The van der Waals surface area contributed by atoms with Gasteiger partial charge in [0.1, 0.15) is 0 Å². The minimum absolute atomic E-state index is 0.0449. The van der Waals surface area contributed by atoms with Gasteiger partial charge in [-0.25, -0.2) is 13.2 Å². The van der Waals surface area contributed by atoms with E-state index in [0.717, 1.165) is 0 Å². The highest BCUT2D eigenvalue weighted by Crippen LogP contribution is 2.26. The number of benzene rings is 2. The van der Waals surface area contributed by atoms with Crippen LogP contribution in [0.1, 0.15) is 15.9 Å². The Morgan fingerprint density at radius 3 is 2.46 bits per heavy atom. The van der Waals surface area contributed by atoms with Crippen molar-refractivity contribution < 1.29 is 17.9 Å². The van der Waals surface area contributed by atoms with E-state index >= 15 is 0 Å². The Hall–Kier alpha value is -1.60. The molecule has 8 heteroatoms. The summed E-state index contributed by atoms with van der Waals surface area (Å²) in [6.07, 6.45) is 0. The lowest BCUT2D eigenvalue weighted by atomic mass is 10.1. The van der Waals surface area contributed by atoms with Gasteiger partial charge in [0.2, 0.25) is 10.0 Å². The number of hydrogen-bond acceptors (Lipinski definition) is 4. The highest BCUT2D eigenvalue weighted by Gasteiger charge is 2.22. The summed E-state index contributed by atoms with van der Waals surface area (Å²) in [5.41, 5.74) is 1.01. The predicted molar refractivity (Wildman–Crippen MR) is 92.9 cm³/mol. The molecule has 2 aromatic rings. The summed E-state index contributed by atoms with van der Waals surface area (Å²) in [5.74, 6) is -0.480. The van der Waals surface area contributed by atoms with Gasteiger partial charge in [0.05, 0.1) is 27.6 Å². The first-order chi connectivity index (χ1) is 11.3. The summed E-state index contributed by atoms with van der Waals surface area (Å²) in [6, 6.07) is 10.7. The molecule has 0 aliphatic heterocycles. The zero-order valence-corrected chi connectivity index (χ0v) is 15.3. The largest absolute Gasteiger partial charge is 0.465 e. The van der Waals surface area contributed by atoms with Crippen molar-refractivity contribution in [3.8, 4) is 0 Å². The van der Waals surface area contributed by atoms with E-state index in [9.17, 15) is 13.2 Å². The third-order valence-corrected chi connectivity index (χ3v) is 5.89. The quantitative estimate of drug-likeness (QED) is 0.735. The number of methoxy groups -OCH3 is 1. The van der Waals surface area contributed by atoms with Gasteiger partial charge in [-0.05, 0) is 35.9 Å². The second-order valence-electron chi connectivity index (χ2n) is 5.03. The molecule has 0 saturated carbocycles. The van der Waals surface area contributed by atoms with Crippen LogP contribution in [0.2, 0.25) is 10.0 Å². The molecule has 0 radical (unpaired) electrons. The second-order valence-corrected chi connectivity index (χ2v) is 7.89. The van der Waals surface area contributed by atoms with Crippen LogP contribution in [-0.2, 0) is 21.3 Å². The zero-order chi connectivity index (χ0) is 17.9. The van der Waals surface area contributed by atoms with Gasteiger partial charge in [-0.3, -0.25) is 0 Å². The summed E-state index contributed by atoms with van der Waals surface area (Å²) in [7, 11) is -1.01. The SMILES string of the molecule is COC(=O)c1cccc(CN(C)S(=O)(=O)c2ccc(Cl)c(Cl)c2)c1. The van der Waals surface area contributed by atoms with E-state index in [1.807, 2.05) is 0 Å². The molecular weight excluding hydrogens is 373 g/mol. The van der Waals surface area contributed by atoms with E-state index in [1.165, 1.54) is 36.7 Å². The highest BCUT2D eigenvalue weighted by molar-refractivity contribution is 7.89. The lowest BCUT2D eigenvalue weighted by Crippen LogP contribution is -2.26. The molecule has 0 atom stereocenters. The van der Waals surface area contributed by atoms with Gasteiger partial charge in [0.15, 0.2) is 0 Å². The molecule has 2 aromatic carbocycles. The number of ether oxygens (including phenoxy) is 1. The first kappa shape index (κ1) is 18.7. The number of nitrogens with zero attached hydrogens (tertiary/aromatic N) is 1. The molecule has 0 aromatic heterocycles. The zero-order valence-electron chi connectivity index (χ0n) is 13.0. The van der Waals surface area contributed by atoms with Crippen LogP contribution in [0, 0.1) is 0 Å². The molecule has 0 spiro atoms.